The molecule has 0 saturated carbocycles. The lowest BCUT2D eigenvalue weighted by Crippen LogP contribution is -2.19. The van der Waals surface area contributed by atoms with Gasteiger partial charge in [-0.3, -0.25) is 0 Å². The number of nitrogens with one attached hydrogen (secondary N) is 1. The molecule has 20 heavy (non-hydrogen) atoms. The fourth-order valence-corrected chi connectivity index (χ4v) is 3.02. The minimum Gasteiger partial charge on any atom is -0.367 e. The predicted octanol–water partition coefficient (Wildman–Crippen LogP) is 4.39. The van der Waals surface area contributed by atoms with Crippen molar-refractivity contribution < 1.29 is 0 Å². The van der Waals surface area contributed by atoms with Crippen LogP contribution in [0, 0.1) is 0 Å². The summed E-state index contributed by atoms with van der Waals surface area (Å²) >= 11 is 7.53. The summed E-state index contributed by atoms with van der Waals surface area (Å²) in [7, 11) is 0. The highest BCUT2D eigenvalue weighted by Crippen LogP contribution is 2.24. The molecule has 0 radical (unpaired) electrons. The Morgan fingerprint density at radius 1 is 1.20 bits per heavy atom. The maximum Gasteiger partial charge on any atom is 0.138 e. The smallest absolute Gasteiger partial charge is 0.138 e. The molecule has 1 unspecified atom stereocenters. The van der Waals surface area contributed by atoms with Gasteiger partial charge < -0.3 is 5.32 Å². The second-order valence-corrected chi connectivity index (χ2v) is 6.07. The molecule has 3 nitrogen and oxygen atoms in total. The van der Waals surface area contributed by atoms with Crippen LogP contribution in [0.4, 0.5) is 5.82 Å². The number of thiophene rings is 1. The third kappa shape index (κ3) is 2.92. The average Bonchev–Trinajstić information content (AvgIpc) is 2.91. The van der Waals surface area contributed by atoms with Crippen LogP contribution < -0.4 is 5.32 Å². The molecule has 1 atom stereocenters. The van der Waals surface area contributed by atoms with Gasteiger partial charge in [-0.25, -0.2) is 9.97 Å². The number of nitrogens with zero attached hydrogens (tertiary/aromatic N) is 2. The summed E-state index contributed by atoms with van der Waals surface area (Å²) in [6, 6.07) is 10.3. The van der Waals surface area contributed by atoms with E-state index < -0.39 is 0 Å². The first kappa shape index (κ1) is 13.3. The first-order valence-corrected chi connectivity index (χ1v) is 7.67. The summed E-state index contributed by atoms with van der Waals surface area (Å²) in [5.74, 6) is 0.901. The zero-order valence-electron chi connectivity index (χ0n) is 11.0. The Morgan fingerprint density at radius 2 is 2.00 bits per heavy atom. The second kappa shape index (κ2) is 5.77. The van der Waals surface area contributed by atoms with Crippen LogP contribution in [0.5, 0.6) is 0 Å². The Morgan fingerprint density at radius 3 is 2.80 bits per heavy atom. The monoisotopic (exact) mass is 303 g/mol. The highest BCUT2D eigenvalue weighted by atomic mass is 35.5. The van der Waals surface area contributed by atoms with Gasteiger partial charge in [-0.1, -0.05) is 23.7 Å². The normalized spacial score (nSPS) is 12.5. The Bertz CT molecular complexity index is 708. The number of hydrogen-bond donors (Lipinski definition) is 1. The zero-order chi connectivity index (χ0) is 13.9. The third-order valence-electron chi connectivity index (χ3n) is 3.10. The highest BCUT2D eigenvalue weighted by molar-refractivity contribution is 7.16. The van der Waals surface area contributed by atoms with Gasteiger partial charge in [-0.2, -0.15) is 0 Å². The van der Waals surface area contributed by atoms with Crippen molar-refractivity contribution >= 4 is 39.0 Å². The molecule has 0 amide bonds. The number of fused-ring (bicyclic) bond motifs is 1. The average molecular weight is 304 g/mol. The fraction of sp³-hybridized carbons (Fsp3) is 0.200. The molecule has 102 valence electrons. The summed E-state index contributed by atoms with van der Waals surface area (Å²) in [4.78, 5) is 9.61. The van der Waals surface area contributed by atoms with Gasteiger partial charge in [-0.05, 0) is 42.5 Å². The SMILES string of the molecule is CC(Cc1ccc(Cl)cc1)Nc1ncnc2sccc12. The van der Waals surface area contributed by atoms with E-state index in [2.05, 4.69) is 40.4 Å². The van der Waals surface area contributed by atoms with Crippen LogP contribution in [0.1, 0.15) is 12.5 Å². The maximum absolute atomic E-state index is 5.90. The minimum absolute atomic E-state index is 0.286. The van der Waals surface area contributed by atoms with Crippen molar-refractivity contribution in [3.05, 3.63) is 52.6 Å². The van der Waals surface area contributed by atoms with Crippen molar-refractivity contribution in [3.63, 3.8) is 0 Å². The molecular formula is C15H14ClN3S. The van der Waals surface area contributed by atoms with Gasteiger partial charge in [0.1, 0.15) is 17.0 Å². The van der Waals surface area contributed by atoms with Crippen LogP contribution in [0.15, 0.2) is 42.0 Å². The van der Waals surface area contributed by atoms with E-state index in [1.54, 1.807) is 17.7 Å². The molecule has 0 aliphatic carbocycles. The number of anilines is 1. The van der Waals surface area contributed by atoms with E-state index in [1.165, 1.54) is 5.56 Å². The van der Waals surface area contributed by atoms with Crippen molar-refractivity contribution in [2.75, 3.05) is 5.32 Å². The second-order valence-electron chi connectivity index (χ2n) is 4.74. The van der Waals surface area contributed by atoms with Crippen LogP contribution in [-0.2, 0) is 6.42 Å². The fourth-order valence-electron chi connectivity index (χ4n) is 2.16. The van der Waals surface area contributed by atoms with Crippen LogP contribution in [-0.4, -0.2) is 16.0 Å². The molecule has 0 bridgehead atoms. The Kier molecular flexibility index (Phi) is 3.85. The molecule has 2 heterocycles. The van der Waals surface area contributed by atoms with E-state index in [4.69, 9.17) is 11.6 Å². The predicted molar refractivity (Wildman–Crippen MR) is 85.7 cm³/mol. The number of hydrogen-bond acceptors (Lipinski definition) is 4. The van der Waals surface area contributed by atoms with Crippen molar-refractivity contribution in [2.24, 2.45) is 0 Å². The lowest BCUT2D eigenvalue weighted by molar-refractivity contribution is 0.786. The lowest BCUT2D eigenvalue weighted by atomic mass is 10.1. The van der Waals surface area contributed by atoms with Gasteiger partial charge in [0, 0.05) is 11.1 Å². The summed E-state index contributed by atoms with van der Waals surface area (Å²) in [5.41, 5.74) is 1.25. The molecule has 1 aromatic carbocycles. The minimum atomic E-state index is 0.286. The molecule has 3 rings (SSSR count). The van der Waals surface area contributed by atoms with Gasteiger partial charge in [0.2, 0.25) is 0 Å². The molecule has 5 heteroatoms. The topological polar surface area (TPSA) is 37.8 Å². The first-order valence-electron chi connectivity index (χ1n) is 6.41. The Balaban J connectivity index is 1.74. The molecule has 0 spiro atoms. The van der Waals surface area contributed by atoms with Gasteiger partial charge in [0.05, 0.1) is 5.39 Å². The largest absolute Gasteiger partial charge is 0.367 e. The molecule has 1 N–H and O–H groups in total. The summed E-state index contributed by atoms with van der Waals surface area (Å²) in [6.07, 6.45) is 2.53. The number of aromatic nitrogens is 2. The van der Waals surface area contributed by atoms with Crippen molar-refractivity contribution in [1.82, 2.24) is 9.97 Å². The Labute approximate surface area is 126 Å². The van der Waals surface area contributed by atoms with Crippen LogP contribution in [0.25, 0.3) is 10.2 Å². The van der Waals surface area contributed by atoms with Crippen molar-refractivity contribution in [2.45, 2.75) is 19.4 Å². The van der Waals surface area contributed by atoms with E-state index >= 15 is 0 Å². The molecule has 0 fully saturated rings. The first-order chi connectivity index (χ1) is 9.72. The van der Waals surface area contributed by atoms with E-state index in [1.807, 2.05) is 17.5 Å². The van der Waals surface area contributed by atoms with Gasteiger partial charge >= 0.3 is 0 Å². The van der Waals surface area contributed by atoms with Crippen LogP contribution >= 0.6 is 22.9 Å². The molecular weight excluding hydrogens is 290 g/mol. The molecule has 2 aromatic heterocycles. The van der Waals surface area contributed by atoms with Crippen LogP contribution in [0.2, 0.25) is 5.02 Å². The summed E-state index contributed by atoms with van der Waals surface area (Å²) in [6.45, 7) is 2.15. The molecule has 0 aliphatic rings. The molecule has 0 saturated heterocycles. The van der Waals surface area contributed by atoms with E-state index in [0.717, 1.165) is 27.5 Å². The van der Waals surface area contributed by atoms with Gasteiger partial charge in [0.25, 0.3) is 0 Å². The maximum atomic E-state index is 5.90. The van der Waals surface area contributed by atoms with E-state index in [0.29, 0.717) is 0 Å². The number of rotatable bonds is 4. The standard InChI is InChI=1S/C15H14ClN3S/c1-10(8-11-2-4-12(16)5-3-11)19-14-13-6-7-20-15(13)18-9-17-14/h2-7,9-10H,8H2,1H3,(H,17,18,19). The third-order valence-corrected chi connectivity index (χ3v) is 4.17. The number of benzene rings is 1. The quantitative estimate of drug-likeness (QED) is 0.777. The Hall–Kier alpha value is -1.65. The molecule has 3 aromatic rings. The van der Waals surface area contributed by atoms with Crippen molar-refractivity contribution in [3.8, 4) is 0 Å². The van der Waals surface area contributed by atoms with E-state index in [9.17, 15) is 0 Å². The highest BCUT2D eigenvalue weighted by Gasteiger charge is 2.08. The van der Waals surface area contributed by atoms with Gasteiger partial charge in [0.15, 0.2) is 0 Å². The zero-order valence-corrected chi connectivity index (χ0v) is 12.6. The van der Waals surface area contributed by atoms with Gasteiger partial charge in [-0.15, -0.1) is 11.3 Å². The van der Waals surface area contributed by atoms with E-state index in [-0.39, 0.29) is 6.04 Å². The van der Waals surface area contributed by atoms with Crippen molar-refractivity contribution in [1.29, 1.82) is 0 Å². The summed E-state index contributed by atoms with van der Waals surface area (Å²) in [5, 5.41) is 7.35. The molecule has 0 aliphatic heterocycles. The lowest BCUT2D eigenvalue weighted by Gasteiger charge is -2.15. The summed E-state index contributed by atoms with van der Waals surface area (Å²) < 4.78 is 0. The van der Waals surface area contributed by atoms with Crippen LogP contribution in [0.3, 0.4) is 0 Å². The number of halogens is 1.